The van der Waals surface area contributed by atoms with Crippen LogP contribution in [0.15, 0.2) is 4.47 Å². The summed E-state index contributed by atoms with van der Waals surface area (Å²) in [5.41, 5.74) is 2.49. The van der Waals surface area contributed by atoms with E-state index in [9.17, 15) is 0 Å². The van der Waals surface area contributed by atoms with E-state index in [-0.39, 0.29) is 0 Å². The van der Waals surface area contributed by atoms with Crippen molar-refractivity contribution in [3.63, 3.8) is 0 Å². The van der Waals surface area contributed by atoms with Crippen LogP contribution in [-0.2, 0) is 13.0 Å². The minimum Gasteiger partial charge on any atom is -0.317 e. The molecule has 0 radical (unpaired) electrons. The SMILES string of the molecule is CCn1nc(C)c(Br)c1CC1CCC(NC)C1C. The van der Waals surface area contributed by atoms with Crippen LogP contribution < -0.4 is 5.32 Å². The van der Waals surface area contributed by atoms with Crippen LogP contribution in [0.3, 0.4) is 0 Å². The smallest absolute Gasteiger partial charge is 0.0738 e. The van der Waals surface area contributed by atoms with Gasteiger partial charge in [-0.25, -0.2) is 0 Å². The van der Waals surface area contributed by atoms with Crippen molar-refractivity contribution in [2.75, 3.05) is 7.05 Å². The summed E-state index contributed by atoms with van der Waals surface area (Å²) in [6, 6.07) is 0.688. The Morgan fingerprint density at radius 3 is 2.72 bits per heavy atom. The number of hydrogen-bond donors (Lipinski definition) is 1. The van der Waals surface area contributed by atoms with Crippen LogP contribution in [0.4, 0.5) is 0 Å². The number of aryl methyl sites for hydroxylation is 2. The average Bonchev–Trinajstić information content (AvgIpc) is 2.85. The quantitative estimate of drug-likeness (QED) is 0.925. The molecule has 0 amide bonds. The van der Waals surface area contributed by atoms with Crippen molar-refractivity contribution in [2.24, 2.45) is 11.8 Å². The fraction of sp³-hybridized carbons (Fsp3) is 0.786. The predicted octanol–water partition coefficient (Wildman–Crippen LogP) is 3.15. The van der Waals surface area contributed by atoms with E-state index in [1.54, 1.807) is 0 Å². The molecule has 3 unspecified atom stereocenters. The molecule has 18 heavy (non-hydrogen) atoms. The van der Waals surface area contributed by atoms with Gasteiger partial charge in [-0.15, -0.1) is 0 Å². The number of rotatable bonds is 4. The molecule has 1 saturated carbocycles. The highest BCUT2D eigenvalue weighted by molar-refractivity contribution is 9.10. The summed E-state index contributed by atoms with van der Waals surface area (Å²) in [6.45, 7) is 7.58. The first kappa shape index (κ1) is 14.1. The zero-order valence-electron chi connectivity index (χ0n) is 11.8. The van der Waals surface area contributed by atoms with Crippen molar-refractivity contribution >= 4 is 15.9 Å². The highest BCUT2D eigenvalue weighted by Gasteiger charge is 2.32. The van der Waals surface area contributed by atoms with Gasteiger partial charge in [0, 0.05) is 12.6 Å². The second-order valence-corrected chi connectivity index (χ2v) is 6.25. The van der Waals surface area contributed by atoms with Crippen LogP contribution in [-0.4, -0.2) is 22.9 Å². The van der Waals surface area contributed by atoms with E-state index in [4.69, 9.17) is 0 Å². The van der Waals surface area contributed by atoms with E-state index < -0.39 is 0 Å². The topological polar surface area (TPSA) is 29.9 Å². The zero-order chi connectivity index (χ0) is 13.3. The van der Waals surface area contributed by atoms with Crippen molar-refractivity contribution in [1.82, 2.24) is 15.1 Å². The molecule has 1 aromatic heterocycles. The molecule has 0 aliphatic heterocycles. The lowest BCUT2D eigenvalue weighted by atomic mass is 9.91. The van der Waals surface area contributed by atoms with E-state index in [1.807, 2.05) is 0 Å². The predicted molar refractivity (Wildman–Crippen MR) is 78.8 cm³/mol. The van der Waals surface area contributed by atoms with Crippen molar-refractivity contribution in [3.05, 3.63) is 15.9 Å². The Balaban J connectivity index is 2.15. The molecule has 1 aliphatic carbocycles. The molecule has 0 saturated heterocycles. The van der Waals surface area contributed by atoms with Crippen LogP contribution in [0.5, 0.6) is 0 Å². The zero-order valence-corrected chi connectivity index (χ0v) is 13.4. The molecule has 4 heteroatoms. The van der Waals surface area contributed by atoms with Gasteiger partial charge in [0.05, 0.1) is 15.9 Å². The second-order valence-electron chi connectivity index (χ2n) is 5.46. The maximum absolute atomic E-state index is 4.59. The molecule has 0 aromatic carbocycles. The summed E-state index contributed by atoms with van der Waals surface area (Å²) in [4.78, 5) is 0. The molecule has 3 atom stereocenters. The van der Waals surface area contributed by atoms with Crippen LogP contribution in [0.1, 0.15) is 38.1 Å². The average molecular weight is 314 g/mol. The molecule has 0 spiro atoms. The fourth-order valence-corrected chi connectivity index (χ4v) is 3.70. The molecule has 1 heterocycles. The monoisotopic (exact) mass is 313 g/mol. The second kappa shape index (κ2) is 5.74. The third-order valence-corrected chi connectivity index (χ3v) is 5.54. The Hall–Kier alpha value is -0.350. The minimum absolute atomic E-state index is 0.688. The van der Waals surface area contributed by atoms with Crippen LogP contribution in [0, 0.1) is 18.8 Å². The van der Waals surface area contributed by atoms with E-state index in [0.29, 0.717) is 6.04 Å². The van der Waals surface area contributed by atoms with Gasteiger partial charge in [-0.1, -0.05) is 6.92 Å². The van der Waals surface area contributed by atoms with Crippen molar-refractivity contribution < 1.29 is 0 Å². The molecule has 2 rings (SSSR count). The minimum atomic E-state index is 0.688. The van der Waals surface area contributed by atoms with Crippen molar-refractivity contribution in [1.29, 1.82) is 0 Å². The van der Waals surface area contributed by atoms with E-state index in [0.717, 1.165) is 30.5 Å². The van der Waals surface area contributed by atoms with E-state index in [1.165, 1.54) is 23.0 Å². The largest absolute Gasteiger partial charge is 0.317 e. The summed E-state index contributed by atoms with van der Waals surface area (Å²) in [7, 11) is 2.08. The van der Waals surface area contributed by atoms with E-state index in [2.05, 4.69) is 58.8 Å². The first-order chi connectivity index (χ1) is 8.58. The summed E-state index contributed by atoms with van der Waals surface area (Å²) in [5.74, 6) is 1.53. The van der Waals surface area contributed by atoms with Crippen molar-refractivity contribution in [3.8, 4) is 0 Å². The van der Waals surface area contributed by atoms with Gasteiger partial charge in [-0.05, 0) is 67.9 Å². The van der Waals surface area contributed by atoms with Crippen LogP contribution in [0.2, 0.25) is 0 Å². The molecule has 3 nitrogen and oxygen atoms in total. The number of aromatic nitrogens is 2. The number of nitrogens with zero attached hydrogens (tertiary/aromatic N) is 2. The van der Waals surface area contributed by atoms with Crippen LogP contribution in [0.25, 0.3) is 0 Å². The van der Waals surface area contributed by atoms with Gasteiger partial charge < -0.3 is 5.32 Å². The Labute approximate surface area is 118 Å². The first-order valence-corrected chi connectivity index (χ1v) is 7.76. The maximum Gasteiger partial charge on any atom is 0.0738 e. The Morgan fingerprint density at radius 1 is 1.44 bits per heavy atom. The molecule has 102 valence electrons. The summed E-state index contributed by atoms with van der Waals surface area (Å²) in [5, 5.41) is 8.03. The normalized spacial score (nSPS) is 27.9. The third kappa shape index (κ3) is 2.50. The molecule has 1 fully saturated rings. The molecule has 1 aromatic rings. The number of halogens is 1. The van der Waals surface area contributed by atoms with Gasteiger partial charge in [-0.2, -0.15) is 5.10 Å². The van der Waals surface area contributed by atoms with Gasteiger partial charge >= 0.3 is 0 Å². The first-order valence-electron chi connectivity index (χ1n) is 6.97. The molecular formula is C14H24BrN3. The lowest BCUT2D eigenvalue weighted by molar-refractivity contribution is 0.356. The van der Waals surface area contributed by atoms with Gasteiger partial charge in [0.15, 0.2) is 0 Å². The number of hydrogen-bond acceptors (Lipinski definition) is 2. The van der Waals surface area contributed by atoms with Gasteiger partial charge in [0.1, 0.15) is 0 Å². The van der Waals surface area contributed by atoms with Gasteiger partial charge in [0.25, 0.3) is 0 Å². The molecule has 1 N–H and O–H groups in total. The summed E-state index contributed by atoms with van der Waals surface area (Å²) in [6.07, 6.45) is 3.78. The Kier molecular flexibility index (Phi) is 4.49. The summed E-state index contributed by atoms with van der Waals surface area (Å²) < 4.78 is 3.36. The lowest BCUT2D eigenvalue weighted by Gasteiger charge is -2.20. The van der Waals surface area contributed by atoms with Gasteiger partial charge in [0.2, 0.25) is 0 Å². The molecule has 1 aliphatic rings. The van der Waals surface area contributed by atoms with Crippen molar-refractivity contribution in [2.45, 2.75) is 52.6 Å². The maximum atomic E-state index is 4.59. The lowest BCUT2D eigenvalue weighted by Crippen LogP contribution is -2.30. The standard InChI is InChI=1S/C14H24BrN3/c1-5-18-13(14(15)10(3)17-18)8-11-6-7-12(16-4)9(11)2/h9,11-12,16H,5-8H2,1-4H3. The number of nitrogens with one attached hydrogen (secondary N) is 1. The van der Waals surface area contributed by atoms with Crippen LogP contribution >= 0.6 is 15.9 Å². The van der Waals surface area contributed by atoms with Gasteiger partial charge in [-0.3, -0.25) is 4.68 Å². The highest BCUT2D eigenvalue weighted by atomic mass is 79.9. The Morgan fingerprint density at radius 2 is 2.17 bits per heavy atom. The van der Waals surface area contributed by atoms with E-state index >= 15 is 0 Å². The third-order valence-electron chi connectivity index (χ3n) is 4.51. The Bertz CT molecular complexity index is 413. The highest BCUT2D eigenvalue weighted by Crippen LogP contribution is 2.36. The molecule has 0 bridgehead atoms. The fourth-order valence-electron chi connectivity index (χ4n) is 3.26. The molecular weight excluding hydrogens is 290 g/mol. The summed E-state index contributed by atoms with van der Waals surface area (Å²) >= 11 is 3.70.